The third-order valence-electron chi connectivity index (χ3n) is 3.55. The minimum atomic E-state index is 0.537. The molecule has 0 heterocycles. The largest absolute Gasteiger partial charge is 0.399 e. The van der Waals surface area contributed by atoms with E-state index in [-0.39, 0.29) is 0 Å². The van der Waals surface area contributed by atoms with Crippen LogP contribution >= 0.6 is 0 Å². The van der Waals surface area contributed by atoms with Crippen molar-refractivity contribution < 1.29 is 0 Å². The molecule has 0 bridgehead atoms. The number of nitrogens with two attached hydrogens (primary N) is 1. The molecule has 212 valence electrons. The molecule has 1 nitrogen and oxygen atoms in total. The Morgan fingerprint density at radius 1 is 0.500 bits per heavy atom. The van der Waals surface area contributed by atoms with Gasteiger partial charge in [-0.1, -0.05) is 115 Å². The minimum Gasteiger partial charge on any atom is -0.399 e. The SMILES string of the molecule is CC#CC(C)C.CC#CC(C)C.CC#CC(C)C.CC(C)C.Cc1ccc(N)cc1.Cc1cccc(C)c1. The van der Waals surface area contributed by atoms with Crippen LogP contribution in [0.15, 0.2) is 48.5 Å². The van der Waals surface area contributed by atoms with E-state index in [9.17, 15) is 0 Å². The van der Waals surface area contributed by atoms with Gasteiger partial charge in [-0.15, -0.1) is 35.5 Å². The Kier molecular flexibility index (Phi) is 33.3. The lowest BCUT2D eigenvalue weighted by molar-refractivity contribution is 0.737. The highest BCUT2D eigenvalue weighted by atomic mass is 14.5. The summed E-state index contributed by atoms with van der Waals surface area (Å²) in [5.41, 5.74) is 10.2. The van der Waals surface area contributed by atoms with Crippen LogP contribution in [-0.2, 0) is 0 Å². The van der Waals surface area contributed by atoms with Crippen LogP contribution in [0.1, 0.15) is 99.8 Å². The van der Waals surface area contributed by atoms with Gasteiger partial charge in [-0.3, -0.25) is 0 Å². The number of nitrogen functional groups attached to an aromatic ring is 1. The predicted octanol–water partition coefficient (Wildman–Crippen LogP) is 10.5. The molecule has 0 saturated heterocycles. The maximum Gasteiger partial charge on any atom is 0.0314 e. The molecular formula is C37H59N. The molecule has 0 aliphatic carbocycles. The zero-order valence-corrected chi connectivity index (χ0v) is 27.5. The molecule has 0 aliphatic heterocycles. The van der Waals surface area contributed by atoms with Crippen molar-refractivity contribution in [2.24, 2.45) is 23.7 Å². The van der Waals surface area contributed by atoms with Gasteiger partial charge in [-0.05, 0) is 59.6 Å². The molecule has 0 spiro atoms. The average Bonchev–Trinajstić information content (AvgIpc) is 2.77. The van der Waals surface area contributed by atoms with E-state index in [1.807, 2.05) is 52.0 Å². The lowest BCUT2D eigenvalue weighted by atomic mass is 10.2. The summed E-state index contributed by atoms with van der Waals surface area (Å²) in [5, 5.41) is 0. The summed E-state index contributed by atoms with van der Waals surface area (Å²) in [6.07, 6.45) is 0. The monoisotopic (exact) mass is 517 g/mol. The topological polar surface area (TPSA) is 26.0 Å². The zero-order chi connectivity index (χ0) is 30.5. The normalized spacial score (nSPS) is 8.29. The summed E-state index contributed by atoms with van der Waals surface area (Å²) in [7, 11) is 0. The first-order valence-corrected chi connectivity index (χ1v) is 13.7. The Balaban J connectivity index is -0.000000185. The quantitative estimate of drug-likeness (QED) is 0.273. The van der Waals surface area contributed by atoms with E-state index in [1.165, 1.54) is 16.7 Å². The molecule has 0 atom stereocenters. The smallest absolute Gasteiger partial charge is 0.0314 e. The Bertz CT molecular complexity index is 859. The minimum absolute atomic E-state index is 0.537. The number of anilines is 1. The highest BCUT2D eigenvalue weighted by molar-refractivity contribution is 5.38. The van der Waals surface area contributed by atoms with Gasteiger partial charge in [0.1, 0.15) is 0 Å². The molecule has 38 heavy (non-hydrogen) atoms. The van der Waals surface area contributed by atoms with E-state index in [2.05, 4.69) is 136 Å². The fraction of sp³-hybridized carbons (Fsp3) is 0.514. The molecule has 2 N–H and O–H groups in total. The van der Waals surface area contributed by atoms with Crippen LogP contribution in [0.2, 0.25) is 0 Å². The van der Waals surface area contributed by atoms with E-state index in [4.69, 9.17) is 5.73 Å². The van der Waals surface area contributed by atoms with Crippen LogP contribution in [0.5, 0.6) is 0 Å². The summed E-state index contributed by atoms with van der Waals surface area (Å²) in [5.74, 6) is 19.8. The van der Waals surface area contributed by atoms with Gasteiger partial charge in [-0.2, -0.15) is 0 Å². The first-order chi connectivity index (χ1) is 17.6. The molecular weight excluding hydrogens is 458 g/mol. The second-order valence-electron chi connectivity index (χ2n) is 10.4. The number of rotatable bonds is 0. The lowest BCUT2D eigenvalue weighted by Crippen LogP contribution is -1.81. The Hall–Kier alpha value is -3.08. The molecule has 2 rings (SSSR count). The fourth-order valence-electron chi connectivity index (χ4n) is 2.24. The highest BCUT2D eigenvalue weighted by Crippen LogP contribution is 2.02. The number of hydrogen-bond acceptors (Lipinski definition) is 1. The summed E-state index contributed by atoms with van der Waals surface area (Å²) in [6.45, 7) is 30.8. The molecule has 0 radical (unpaired) electrons. The van der Waals surface area contributed by atoms with E-state index in [1.54, 1.807) is 0 Å². The maximum atomic E-state index is 5.43. The maximum absolute atomic E-state index is 5.43. The fourth-order valence-corrected chi connectivity index (χ4v) is 2.24. The molecule has 2 aromatic carbocycles. The molecule has 0 aromatic heterocycles. The first-order valence-electron chi connectivity index (χ1n) is 13.7. The van der Waals surface area contributed by atoms with Crippen molar-refractivity contribution in [3.63, 3.8) is 0 Å². The molecule has 0 aliphatic rings. The van der Waals surface area contributed by atoms with E-state index in [0.29, 0.717) is 17.8 Å². The second-order valence-corrected chi connectivity index (χ2v) is 10.4. The van der Waals surface area contributed by atoms with Gasteiger partial charge in [0.05, 0.1) is 0 Å². The van der Waals surface area contributed by atoms with Gasteiger partial charge in [-0.25, -0.2) is 0 Å². The Morgan fingerprint density at radius 3 is 0.921 bits per heavy atom. The van der Waals surface area contributed by atoms with Crippen molar-refractivity contribution in [1.29, 1.82) is 0 Å². The van der Waals surface area contributed by atoms with Gasteiger partial charge in [0.15, 0.2) is 0 Å². The van der Waals surface area contributed by atoms with Gasteiger partial charge in [0.2, 0.25) is 0 Å². The van der Waals surface area contributed by atoms with Crippen LogP contribution in [0.4, 0.5) is 5.69 Å². The summed E-state index contributed by atoms with van der Waals surface area (Å²) < 4.78 is 0. The van der Waals surface area contributed by atoms with Crippen molar-refractivity contribution in [3.05, 3.63) is 65.2 Å². The Morgan fingerprint density at radius 2 is 0.789 bits per heavy atom. The van der Waals surface area contributed by atoms with Crippen molar-refractivity contribution in [2.75, 3.05) is 5.73 Å². The molecule has 0 fully saturated rings. The van der Waals surface area contributed by atoms with Crippen molar-refractivity contribution in [1.82, 2.24) is 0 Å². The van der Waals surface area contributed by atoms with Crippen LogP contribution in [0.3, 0.4) is 0 Å². The lowest BCUT2D eigenvalue weighted by Gasteiger charge is -1.90. The predicted molar refractivity (Wildman–Crippen MR) is 177 cm³/mol. The van der Waals surface area contributed by atoms with E-state index >= 15 is 0 Å². The van der Waals surface area contributed by atoms with Gasteiger partial charge in [0.25, 0.3) is 0 Å². The number of benzene rings is 2. The zero-order valence-electron chi connectivity index (χ0n) is 27.5. The molecule has 0 amide bonds. The van der Waals surface area contributed by atoms with Gasteiger partial charge >= 0.3 is 0 Å². The van der Waals surface area contributed by atoms with Crippen LogP contribution in [-0.4, -0.2) is 0 Å². The molecule has 2 aromatic rings. The van der Waals surface area contributed by atoms with Gasteiger partial charge < -0.3 is 5.73 Å². The average molecular weight is 518 g/mol. The number of hydrogen-bond donors (Lipinski definition) is 1. The van der Waals surface area contributed by atoms with Crippen LogP contribution in [0, 0.1) is 80.0 Å². The molecule has 0 unspecified atom stereocenters. The van der Waals surface area contributed by atoms with Crippen molar-refractivity contribution in [2.45, 2.75) is 104 Å². The van der Waals surface area contributed by atoms with Crippen molar-refractivity contribution in [3.8, 4) is 35.5 Å². The van der Waals surface area contributed by atoms with Gasteiger partial charge in [0, 0.05) is 23.4 Å². The summed E-state index contributed by atoms with van der Waals surface area (Å²) in [4.78, 5) is 0. The summed E-state index contributed by atoms with van der Waals surface area (Å²) >= 11 is 0. The first kappa shape index (κ1) is 42.0. The van der Waals surface area contributed by atoms with E-state index in [0.717, 1.165) is 11.6 Å². The standard InChI is InChI=1S/C8H10.C7H9N.3C6H10.C4H10/c1-7-4-3-5-8(2)6-7;1-6-2-4-7(8)5-3-6;3*1-4-5-6(2)3;1-4(2)3/h3-6H,1-2H3;2-5H,8H2,1H3;3*6H,1-3H3;4H,1-3H3. The van der Waals surface area contributed by atoms with E-state index < -0.39 is 0 Å². The molecule has 0 saturated carbocycles. The second kappa shape index (κ2) is 30.1. The number of aryl methyl sites for hydroxylation is 3. The third-order valence-corrected chi connectivity index (χ3v) is 3.55. The molecule has 1 heteroatoms. The van der Waals surface area contributed by atoms with Crippen LogP contribution < -0.4 is 5.73 Å². The highest BCUT2D eigenvalue weighted by Gasteiger charge is 1.81. The Labute approximate surface area is 239 Å². The summed E-state index contributed by atoms with van der Waals surface area (Å²) in [6, 6.07) is 16.2. The van der Waals surface area contributed by atoms with Crippen molar-refractivity contribution >= 4 is 5.69 Å². The third kappa shape index (κ3) is 49.9. The van der Waals surface area contributed by atoms with Crippen LogP contribution in [0.25, 0.3) is 0 Å².